The number of allylic oxidation sites excluding steroid dienone is 2. The van der Waals surface area contributed by atoms with Gasteiger partial charge >= 0.3 is 0 Å². The minimum absolute atomic E-state index is 0.0143. The Kier molecular flexibility index (Phi) is 4.36. The molecule has 1 saturated carbocycles. The number of nitrogens with zero attached hydrogens (tertiary/aromatic N) is 1. The van der Waals surface area contributed by atoms with E-state index in [9.17, 15) is 14.7 Å². The average molecular weight is 338 g/mol. The van der Waals surface area contributed by atoms with Gasteiger partial charge in [-0.1, -0.05) is 42.5 Å². The molecule has 2 fully saturated rings. The molecule has 0 radical (unpaired) electrons. The summed E-state index contributed by atoms with van der Waals surface area (Å²) in [4.78, 5) is 26.4. The smallest absolute Gasteiger partial charge is 0.226 e. The first-order valence-electron chi connectivity index (χ1n) is 9.35. The van der Waals surface area contributed by atoms with Crippen LogP contribution in [-0.4, -0.2) is 29.9 Å². The van der Waals surface area contributed by atoms with Crippen molar-refractivity contribution in [1.82, 2.24) is 4.90 Å². The highest BCUT2D eigenvalue weighted by molar-refractivity contribution is 5.86. The quantitative estimate of drug-likeness (QED) is 0.785. The van der Waals surface area contributed by atoms with Crippen LogP contribution in [0.4, 0.5) is 0 Å². The van der Waals surface area contributed by atoms with Gasteiger partial charge in [-0.3, -0.25) is 4.79 Å². The Bertz CT molecular complexity index is 676. The average Bonchev–Trinajstić information content (AvgIpc) is 3.24. The number of hydrogen-bond donors (Lipinski definition) is 0. The number of carboxylic acid groups (broad SMARTS) is 1. The molecule has 1 amide bonds. The molecule has 1 aliphatic heterocycles. The largest absolute Gasteiger partial charge is 0.550 e. The highest BCUT2D eigenvalue weighted by Gasteiger charge is 2.50. The lowest BCUT2D eigenvalue weighted by Gasteiger charge is -2.37. The van der Waals surface area contributed by atoms with Gasteiger partial charge in [0.05, 0.1) is 5.92 Å². The number of benzene rings is 1. The molecule has 2 bridgehead atoms. The maximum Gasteiger partial charge on any atom is 0.226 e. The van der Waals surface area contributed by atoms with E-state index in [0.29, 0.717) is 5.92 Å². The van der Waals surface area contributed by atoms with Crippen LogP contribution >= 0.6 is 0 Å². The second kappa shape index (κ2) is 6.66. The van der Waals surface area contributed by atoms with Crippen LogP contribution in [0.3, 0.4) is 0 Å². The van der Waals surface area contributed by atoms with Crippen LogP contribution in [0.2, 0.25) is 0 Å². The molecule has 3 aliphatic rings. The highest BCUT2D eigenvalue weighted by atomic mass is 16.4. The number of carbonyl (C=O) groups is 2. The van der Waals surface area contributed by atoms with Gasteiger partial charge in [0.1, 0.15) is 0 Å². The van der Waals surface area contributed by atoms with Crippen molar-refractivity contribution in [2.24, 2.45) is 29.6 Å². The molecule has 1 saturated heterocycles. The van der Waals surface area contributed by atoms with E-state index < -0.39 is 17.8 Å². The fourth-order valence-corrected chi connectivity index (χ4v) is 5.00. The molecule has 1 aromatic rings. The van der Waals surface area contributed by atoms with Crippen LogP contribution < -0.4 is 5.11 Å². The van der Waals surface area contributed by atoms with Gasteiger partial charge in [-0.15, -0.1) is 0 Å². The third-order valence-electron chi connectivity index (χ3n) is 6.31. The van der Waals surface area contributed by atoms with E-state index >= 15 is 0 Å². The van der Waals surface area contributed by atoms with Gasteiger partial charge in [-0.25, -0.2) is 0 Å². The van der Waals surface area contributed by atoms with E-state index in [-0.39, 0.29) is 17.7 Å². The van der Waals surface area contributed by atoms with Gasteiger partial charge in [-0.2, -0.15) is 0 Å². The van der Waals surface area contributed by atoms with Crippen molar-refractivity contribution in [1.29, 1.82) is 0 Å². The van der Waals surface area contributed by atoms with E-state index in [1.54, 1.807) is 0 Å². The van der Waals surface area contributed by atoms with E-state index in [1.165, 1.54) is 5.56 Å². The number of piperidine rings is 1. The second-order valence-corrected chi connectivity index (χ2v) is 7.78. The summed E-state index contributed by atoms with van der Waals surface area (Å²) in [6.45, 7) is 1.49. The predicted molar refractivity (Wildman–Crippen MR) is 92.2 cm³/mol. The molecule has 25 heavy (non-hydrogen) atoms. The summed E-state index contributed by atoms with van der Waals surface area (Å²) in [5, 5.41) is 11.5. The first-order chi connectivity index (χ1) is 12.1. The summed E-state index contributed by atoms with van der Waals surface area (Å²) >= 11 is 0. The van der Waals surface area contributed by atoms with Crippen molar-refractivity contribution in [3.8, 4) is 0 Å². The molecule has 0 N–H and O–H groups in total. The monoisotopic (exact) mass is 338 g/mol. The summed E-state index contributed by atoms with van der Waals surface area (Å²) in [7, 11) is 0. The lowest BCUT2D eigenvalue weighted by Crippen LogP contribution is -2.48. The van der Waals surface area contributed by atoms with Crippen LogP contribution in [-0.2, 0) is 16.0 Å². The Hall–Kier alpha value is -2.10. The van der Waals surface area contributed by atoms with Gasteiger partial charge < -0.3 is 14.8 Å². The van der Waals surface area contributed by atoms with Crippen LogP contribution in [0.25, 0.3) is 0 Å². The SMILES string of the molecule is O=C([O-])[C@@H]1[C@@H](C(=O)N2CCC(Cc3ccccc3)CC2)[C@@H]2C=C[C@H]1C2. The zero-order chi connectivity index (χ0) is 17.4. The fourth-order valence-electron chi connectivity index (χ4n) is 5.00. The Balaban J connectivity index is 1.37. The summed E-state index contributed by atoms with van der Waals surface area (Å²) in [6, 6.07) is 10.5. The zero-order valence-corrected chi connectivity index (χ0v) is 14.3. The van der Waals surface area contributed by atoms with Gasteiger partial charge in [0.15, 0.2) is 0 Å². The number of amides is 1. The van der Waals surface area contributed by atoms with Gasteiger partial charge in [0.2, 0.25) is 5.91 Å². The van der Waals surface area contributed by atoms with E-state index in [2.05, 4.69) is 24.3 Å². The predicted octanol–water partition coefficient (Wildman–Crippen LogP) is 1.66. The molecule has 4 heteroatoms. The standard InChI is InChI=1S/C21H25NO3/c23-20(18-16-6-7-17(13-16)19(18)21(24)25)22-10-8-15(9-11-22)12-14-4-2-1-3-5-14/h1-7,15-19H,8-13H2,(H,24,25)/p-1/t16-,17+,18+,19+/m1/s1. The third-order valence-corrected chi connectivity index (χ3v) is 6.31. The molecule has 1 aromatic carbocycles. The highest BCUT2D eigenvalue weighted by Crippen LogP contribution is 2.48. The molecule has 4 nitrogen and oxygen atoms in total. The minimum Gasteiger partial charge on any atom is -0.550 e. The summed E-state index contributed by atoms with van der Waals surface area (Å²) in [6.07, 6.45) is 7.83. The summed E-state index contributed by atoms with van der Waals surface area (Å²) in [5.74, 6) is -1.40. The van der Waals surface area contributed by atoms with Crippen LogP contribution in [0.15, 0.2) is 42.5 Å². The first kappa shape index (κ1) is 16.4. The number of likely N-dealkylation sites (tertiary alicyclic amines) is 1. The molecule has 0 spiro atoms. The maximum absolute atomic E-state index is 13.0. The number of fused-ring (bicyclic) bond motifs is 2. The van der Waals surface area contributed by atoms with Crippen molar-refractivity contribution >= 4 is 11.9 Å². The number of carbonyl (C=O) groups excluding carboxylic acids is 2. The van der Waals surface area contributed by atoms with Gasteiger partial charge in [0, 0.05) is 25.0 Å². The Morgan fingerprint density at radius 1 is 1.00 bits per heavy atom. The zero-order valence-electron chi connectivity index (χ0n) is 14.3. The molecule has 1 heterocycles. The molecule has 4 rings (SSSR count). The normalized spacial score (nSPS) is 31.4. The number of rotatable bonds is 4. The van der Waals surface area contributed by atoms with E-state index in [1.807, 2.05) is 23.1 Å². The van der Waals surface area contributed by atoms with Crippen molar-refractivity contribution in [2.45, 2.75) is 25.7 Å². The Labute approximate surface area is 148 Å². The lowest BCUT2D eigenvalue weighted by molar-refractivity contribution is -0.313. The third kappa shape index (κ3) is 3.10. The molecular weight excluding hydrogens is 314 g/mol. The van der Waals surface area contributed by atoms with Gasteiger partial charge in [-0.05, 0) is 49.0 Å². The van der Waals surface area contributed by atoms with Crippen LogP contribution in [0.5, 0.6) is 0 Å². The van der Waals surface area contributed by atoms with Crippen molar-refractivity contribution < 1.29 is 14.7 Å². The molecule has 0 aromatic heterocycles. The van der Waals surface area contributed by atoms with Crippen LogP contribution in [0, 0.1) is 29.6 Å². The minimum atomic E-state index is -1.06. The van der Waals surface area contributed by atoms with E-state index in [4.69, 9.17) is 0 Å². The van der Waals surface area contributed by atoms with Crippen molar-refractivity contribution in [3.05, 3.63) is 48.0 Å². The number of hydrogen-bond acceptors (Lipinski definition) is 3. The second-order valence-electron chi connectivity index (χ2n) is 7.78. The van der Waals surface area contributed by atoms with Gasteiger partial charge in [0.25, 0.3) is 0 Å². The molecule has 132 valence electrons. The number of aliphatic carboxylic acids is 1. The lowest BCUT2D eigenvalue weighted by atomic mass is 9.81. The topological polar surface area (TPSA) is 60.4 Å². The molecule has 2 aliphatic carbocycles. The summed E-state index contributed by atoms with van der Waals surface area (Å²) in [5.41, 5.74) is 1.35. The van der Waals surface area contributed by atoms with E-state index in [0.717, 1.165) is 38.8 Å². The Morgan fingerprint density at radius 2 is 1.64 bits per heavy atom. The van der Waals surface area contributed by atoms with Crippen molar-refractivity contribution in [3.63, 3.8) is 0 Å². The first-order valence-corrected chi connectivity index (χ1v) is 9.35. The maximum atomic E-state index is 13.0. The molecular formula is C21H24NO3-. The fraction of sp³-hybridized carbons (Fsp3) is 0.524. The number of carboxylic acids is 1. The Morgan fingerprint density at radius 3 is 2.28 bits per heavy atom. The van der Waals surface area contributed by atoms with Crippen LogP contribution in [0.1, 0.15) is 24.8 Å². The van der Waals surface area contributed by atoms with Crippen molar-refractivity contribution in [2.75, 3.05) is 13.1 Å². The molecule has 4 atom stereocenters. The summed E-state index contributed by atoms with van der Waals surface area (Å²) < 4.78 is 0. The molecule has 0 unspecified atom stereocenters.